The Morgan fingerprint density at radius 3 is 2.93 bits per heavy atom. The van der Waals surface area contributed by atoms with Gasteiger partial charge in [-0.05, 0) is 30.7 Å². The van der Waals surface area contributed by atoms with Gasteiger partial charge in [-0.2, -0.15) is 0 Å². The van der Waals surface area contributed by atoms with Crippen molar-refractivity contribution in [3.05, 3.63) is 57.4 Å². The molecule has 0 unspecified atom stereocenters. The van der Waals surface area contributed by atoms with Crippen molar-refractivity contribution < 1.29 is 23.8 Å². The van der Waals surface area contributed by atoms with Gasteiger partial charge in [-0.1, -0.05) is 13.0 Å². The highest BCUT2D eigenvalue weighted by Crippen LogP contribution is 2.39. The van der Waals surface area contributed by atoms with Crippen LogP contribution in [-0.4, -0.2) is 33.9 Å². The molecule has 4 heterocycles. The summed E-state index contributed by atoms with van der Waals surface area (Å²) in [6, 6.07) is 8.91. The lowest BCUT2D eigenvalue weighted by Crippen LogP contribution is -2.44. The lowest BCUT2D eigenvalue weighted by atomic mass is 9.86. The van der Waals surface area contributed by atoms with E-state index in [9.17, 15) is 19.1 Å². The average molecular weight is 410 g/mol. The Balaban J connectivity index is 1.72. The summed E-state index contributed by atoms with van der Waals surface area (Å²) in [5.74, 6) is -0.219. The molecule has 2 aromatic heterocycles. The number of nitrogens with zero attached hydrogens (tertiary/aromatic N) is 2. The minimum atomic E-state index is -1.85. The van der Waals surface area contributed by atoms with Crippen LogP contribution in [0.15, 0.2) is 35.1 Å². The lowest BCUT2D eigenvalue weighted by molar-refractivity contribution is -0.172. The van der Waals surface area contributed by atoms with Crippen molar-refractivity contribution in [2.45, 2.75) is 32.1 Å². The smallest absolute Gasteiger partial charge is 0.343 e. The topological polar surface area (TPSA) is 90.7 Å². The summed E-state index contributed by atoms with van der Waals surface area (Å²) in [4.78, 5) is 30.1. The van der Waals surface area contributed by atoms with Gasteiger partial charge in [0.05, 0.1) is 29.0 Å². The van der Waals surface area contributed by atoms with Crippen molar-refractivity contribution in [3.8, 4) is 17.1 Å². The summed E-state index contributed by atoms with van der Waals surface area (Å²) in [5.41, 5.74) is 1.03. The van der Waals surface area contributed by atoms with E-state index in [0.29, 0.717) is 29.2 Å². The summed E-state index contributed by atoms with van der Waals surface area (Å²) in [6.45, 7) is 1.16. The van der Waals surface area contributed by atoms with Gasteiger partial charge < -0.3 is 19.1 Å². The van der Waals surface area contributed by atoms with Crippen molar-refractivity contribution in [2.24, 2.45) is 0 Å². The molecule has 0 radical (unpaired) electrons. The van der Waals surface area contributed by atoms with Crippen molar-refractivity contribution in [2.75, 3.05) is 13.3 Å². The van der Waals surface area contributed by atoms with E-state index in [4.69, 9.17) is 14.5 Å². The Hall–Kier alpha value is -3.26. The number of aromatic nitrogens is 2. The Kier molecular flexibility index (Phi) is 4.14. The Morgan fingerprint density at radius 2 is 2.17 bits per heavy atom. The highest BCUT2D eigenvalue weighted by atomic mass is 19.1. The zero-order chi connectivity index (χ0) is 21.0. The number of rotatable bonds is 4. The SMILES string of the molecule is CC[C@@]1(O)C(=O)OCc2c1cc1n(c2=O)Cc2cc3c(OCCF)cccc3nc2-1. The second-order valence-corrected chi connectivity index (χ2v) is 7.46. The number of hydrogen-bond donors (Lipinski definition) is 1. The monoisotopic (exact) mass is 410 g/mol. The molecule has 2 aliphatic heterocycles. The third-order valence-electron chi connectivity index (χ3n) is 5.85. The molecule has 0 spiro atoms. The van der Waals surface area contributed by atoms with E-state index in [1.165, 1.54) is 0 Å². The molecule has 2 aliphatic rings. The summed E-state index contributed by atoms with van der Waals surface area (Å²) in [5, 5.41) is 11.6. The van der Waals surface area contributed by atoms with Crippen LogP contribution in [0.25, 0.3) is 22.3 Å². The summed E-state index contributed by atoms with van der Waals surface area (Å²) in [7, 11) is 0. The van der Waals surface area contributed by atoms with Gasteiger partial charge in [0, 0.05) is 16.5 Å². The van der Waals surface area contributed by atoms with Crippen LogP contribution in [0.4, 0.5) is 4.39 Å². The lowest BCUT2D eigenvalue weighted by Gasteiger charge is -2.31. The van der Waals surface area contributed by atoms with Gasteiger partial charge >= 0.3 is 5.97 Å². The number of benzene rings is 1. The van der Waals surface area contributed by atoms with Crippen LogP contribution in [0, 0.1) is 0 Å². The van der Waals surface area contributed by atoms with Crippen LogP contribution in [0.2, 0.25) is 0 Å². The number of pyridine rings is 2. The predicted octanol–water partition coefficient (Wildman–Crippen LogP) is 2.43. The number of cyclic esters (lactones) is 1. The molecule has 8 heteroatoms. The molecule has 7 nitrogen and oxygen atoms in total. The third-order valence-corrected chi connectivity index (χ3v) is 5.85. The molecule has 0 amide bonds. The van der Waals surface area contributed by atoms with E-state index in [0.717, 1.165) is 10.9 Å². The van der Waals surface area contributed by atoms with E-state index >= 15 is 0 Å². The summed E-state index contributed by atoms with van der Waals surface area (Å²) in [6.07, 6.45) is 0.0923. The number of carbonyl (C=O) groups is 1. The average Bonchev–Trinajstić information content (AvgIpc) is 3.11. The quantitative estimate of drug-likeness (QED) is 0.520. The van der Waals surface area contributed by atoms with Crippen molar-refractivity contribution in [1.82, 2.24) is 9.55 Å². The van der Waals surface area contributed by atoms with Crippen LogP contribution in [0.5, 0.6) is 5.75 Å². The molecule has 3 aromatic rings. The Bertz CT molecular complexity index is 1270. The first-order chi connectivity index (χ1) is 14.5. The molecular formula is C22H19FN2O5. The maximum absolute atomic E-state index is 13.2. The second kappa shape index (κ2) is 6.63. The number of alkyl halides is 1. The van der Waals surface area contributed by atoms with Gasteiger partial charge in [0.2, 0.25) is 0 Å². The predicted molar refractivity (Wildman–Crippen MR) is 106 cm³/mol. The molecule has 0 bridgehead atoms. The van der Waals surface area contributed by atoms with Crippen molar-refractivity contribution >= 4 is 16.9 Å². The standard InChI is InChI=1S/C22H19FN2O5/c1-2-22(28)15-9-17-19-12(10-25(17)20(26)14(15)11-30-21(22)27)8-13-16(24-19)4-3-5-18(13)29-7-6-23/h3-5,8-9,28H,2,6-7,10-11H2,1H3/t22-/m0/s1. The maximum atomic E-state index is 13.2. The number of halogens is 1. The van der Waals surface area contributed by atoms with Gasteiger partial charge in [-0.25, -0.2) is 14.2 Å². The molecule has 0 fully saturated rings. The number of esters is 1. The first kappa shape index (κ1) is 18.7. The Morgan fingerprint density at radius 1 is 1.33 bits per heavy atom. The fourth-order valence-corrected chi connectivity index (χ4v) is 4.25. The normalized spacial score (nSPS) is 19.2. The second-order valence-electron chi connectivity index (χ2n) is 7.46. The zero-order valence-electron chi connectivity index (χ0n) is 16.3. The number of hydrogen-bond acceptors (Lipinski definition) is 6. The van der Waals surface area contributed by atoms with Gasteiger partial charge in [-0.3, -0.25) is 4.79 Å². The molecule has 5 rings (SSSR count). The number of carbonyl (C=O) groups excluding carboxylic acids is 1. The van der Waals surface area contributed by atoms with Gasteiger partial charge in [0.1, 0.15) is 25.6 Å². The number of aliphatic hydroxyl groups is 1. The van der Waals surface area contributed by atoms with Crippen molar-refractivity contribution in [3.63, 3.8) is 0 Å². The minimum Gasteiger partial charge on any atom is -0.490 e. The fraction of sp³-hybridized carbons (Fsp3) is 0.318. The summed E-state index contributed by atoms with van der Waals surface area (Å²) >= 11 is 0. The van der Waals surface area contributed by atoms with Gasteiger partial charge in [0.25, 0.3) is 5.56 Å². The molecule has 0 saturated heterocycles. The number of fused-ring (bicyclic) bond motifs is 5. The molecule has 0 aliphatic carbocycles. The zero-order valence-corrected chi connectivity index (χ0v) is 16.3. The molecule has 1 N–H and O–H groups in total. The molecule has 30 heavy (non-hydrogen) atoms. The highest BCUT2D eigenvalue weighted by molar-refractivity contribution is 5.89. The van der Waals surface area contributed by atoms with Gasteiger partial charge in [0.15, 0.2) is 5.60 Å². The highest BCUT2D eigenvalue weighted by Gasteiger charge is 2.45. The first-order valence-electron chi connectivity index (χ1n) is 9.76. The van der Waals surface area contributed by atoms with E-state index in [1.807, 2.05) is 12.1 Å². The fourth-order valence-electron chi connectivity index (χ4n) is 4.25. The molecular weight excluding hydrogens is 391 g/mol. The van der Waals surface area contributed by atoms with E-state index < -0.39 is 18.2 Å². The van der Waals surface area contributed by atoms with Crippen LogP contribution in [0.1, 0.15) is 30.0 Å². The van der Waals surface area contributed by atoms with Crippen LogP contribution < -0.4 is 10.3 Å². The van der Waals surface area contributed by atoms with E-state index in [-0.39, 0.29) is 36.3 Å². The third kappa shape index (κ3) is 2.50. The van der Waals surface area contributed by atoms with E-state index in [2.05, 4.69) is 0 Å². The Labute approximate surface area is 170 Å². The largest absolute Gasteiger partial charge is 0.490 e. The van der Waals surface area contributed by atoms with Crippen LogP contribution >= 0.6 is 0 Å². The van der Waals surface area contributed by atoms with E-state index in [1.54, 1.807) is 29.7 Å². The van der Waals surface area contributed by atoms with Crippen LogP contribution in [-0.2, 0) is 28.3 Å². The molecule has 1 aromatic carbocycles. The maximum Gasteiger partial charge on any atom is 0.343 e. The molecule has 0 saturated carbocycles. The molecule has 1 atom stereocenters. The minimum absolute atomic E-state index is 0.0494. The van der Waals surface area contributed by atoms with Crippen LogP contribution in [0.3, 0.4) is 0 Å². The molecule has 154 valence electrons. The van der Waals surface area contributed by atoms with Gasteiger partial charge in [-0.15, -0.1) is 0 Å². The first-order valence-corrected chi connectivity index (χ1v) is 9.76. The van der Waals surface area contributed by atoms with Crippen molar-refractivity contribution in [1.29, 1.82) is 0 Å². The summed E-state index contributed by atoms with van der Waals surface area (Å²) < 4.78 is 24.7. The number of ether oxygens (including phenoxy) is 2.